The first-order valence-corrected chi connectivity index (χ1v) is 24.5. The summed E-state index contributed by atoms with van der Waals surface area (Å²) in [5, 5.41) is 42.3. The van der Waals surface area contributed by atoms with Crippen molar-refractivity contribution in [2.24, 2.45) is 23.2 Å². The molecule has 5 aromatic rings. The zero-order chi connectivity index (χ0) is 49.8. The Kier molecular flexibility index (Phi) is 13.4. The van der Waals surface area contributed by atoms with Gasteiger partial charge in [0.05, 0.1) is 40.3 Å². The van der Waals surface area contributed by atoms with Crippen LogP contribution < -0.4 is 26.0 Å². The van der Waals surface area contributed by atoms with Crippen molar-refractivity contribution in [3.63, 3.8) is 0 Å². The number of amides is 4. The minimum absolute atomic E-state index is 0.00452. The zero-order valence-corrected chi connectivity index (χ0v) is 41.2. The first kappa shape index (κ1) is 48.9. The summed E-state index contributed by atoms with van der Waals surface area (Å²) >= 11 is 12.3. The monoisotopic (exact) mass is 991 g/mol. The van der Waals surface area contributed by atoms with Crippen molar-refractivity contribution in [2.45, 2.75) is 96.8 Å². The second kappa shape index (κ2) is 19.2. The molecule has 3 saturated carbocycles. The number of nitrogens with one attached hydrogen (secondary N) is 4. The molecule has 2 saturated heterocycles. The molecular formula is C51H56BCl2N7O9. The molecule has 6 N–H and O–H groups in total. The number of phenolic OH excluding ortho intramolecular Hbond substituents is 2. The highest BCUT2D eigenvalue weighted by Crippen LogP contribution is 2.67. The molecule has 5 fully saturated rings. The van der Waals surface area contributed by atoms with Gasteiger partial charge in [0, 0.05) is 34.9 Å². The molecule has 0 radical (unpaired) electrons. The van der Waals surface area contributed by atoms with Gasteiger partial charge in [-0.3, -0.25) is 23.7 Å². The van der Waals surface area contributed by atoms with Crippen LogP contribution in [0.2, 0.25) is 10.0 Å². The highest BCUT2D eigenvalue weighted by molar-refractivity contribution is 6.48. The lowest BCUT2D eigenvalue weighted by molar-refractivity contribution is -0.213. The number of halogens is 2. The maximum atomic E-state index is 14.1. The molecule has 10 rings (SSSR count). The zero-order valence-electron chi connectivity index (χ0n) is 39.7. The minimum atomic E-state index is -0.701. The third-order valence-electron chi connectivity index (χ3n) is 14.8. The third-order valence-corrected chi connectivity index (χ3v) is 15.4. The standard InChI is InChI=1S/C51H56BCl2N7O9/c1-7-55-49(67)46-60-59-45(36-22-34(26(2)3)39(62)23-40(36)63)61(46)31-11-15-33(16-12-31)68-32-13-8-28(9-14-32)47(65)57-38-24-51-41-19-29(50(41,5)6)20-42(51)69-52(70-51)43(18-27(38)4)58-44(64)25-56-48(66)35-21-30(53)10-17-37(35)54/h8-17,21-23,26-27,29,38,41-43,62-63H,7,18-20,24-25H2,1-6H3,(H,55,67)(H,56,66)(H,57,65)(H,58,64)/t27?,29-,38?,41-,42-,43+,51?/m0/s1. The Labute approximate surface area is 416 Å². The van der Waals surface area contributed by atoms with E-state index in [0.717, 1.165) is 12.8 Å². The van der Waals surface area contributed by atoms with Crippen molar-refractivity contribution in [3.05, 3.63) is 111 Å². The molecular weight excluding hydrogens is 936 g/mol. The summed E-state index contributed by atoms with van der Waals surface area (Å²) in [5.41, 5.74) is 1.33. The topological polar surface area (TPSA) is 215 Å². The van der Waals surface area contributed by atoms with Crippen LogP contribution in [0.15, 0.2) is 78.9 Å². The number of ether oxygens (including phenoxy) is 1. The molecule has 4 aromatic carbocycles. The van der Waals surface area contributed by atoms with Crippen LogP contribution in [-0.2, 0) is 14.1 Å². The van der Waals surface area contributed by atoms with Crippen molar-refractivity contribution in [1.82, 2.24) is 36.0 Å². The first-order valence-electron chi connectivity index (χ1n) is 23.7. The van der Waals surface area contributed by atoms with Gasteiger partial charge in [-0.1, -0.05) is 57.8 Å². The van der Waals surface area contributed by atoms with Crippen LogP contribution in [0.4, 0.5) is 0 Å². The van der Waals surface area contributed by atoms with Gasteiger partial charge in [0.15, 0.2) is 5.82 Å². The van der Waals surface area contributed by atoms with Gasteiger partial charge >= 0.3 is 7.12 Å². The van der Waals surface area contributed by atoms with E-state index >= 15 is 0 Å². The van der Waals surface area contributed by atoms with E-state index in [4.69, 9.17) is 37.2 Å². The van der Waals surface area contributed by atoms with E-state index in [1.54, 1.807) is 67.6 Å². The molecule has 5 aliphatic rings. The predicted molar refractivity (Wildman–Crippen MR) is 264 cm³/mol. The van der Waals surface area contributed by atoms with Crippen LogP contribution in [0.25, 0.3) is 17.1 Å². The van der Waals surface area contributed by atoms with Crippen molar-refractivity contribution in [2.75, 3.05) is 13.1 Å². The Morgan fingerprint density at radius 2 is 1.59 bits per heavy atom. The van der Waals surface area contributed by atoms with Gasteiger partial charge in [-0.05, 0) is 140 Å². The number of rotatable bonds is 13. The van der Waals surface area contributed by atoms with Crippen LogP contribution in [0.5, 0.6) is 23.0 Å². The van der Waals surface area contributed by atoms with Gasteiger partial charge in [-0.15, -0.1) is 10.2 Å². The van der Waals surface area contributed by atoms with Gasteiger partial charge in [0.25, 0.3) is 17.7 Å². The maximum Gasteiger partial charge on any atom is 0.481 e. The highest BCUT2D eigenvalue weighted by Gasteiger charge is 2.71. The molecule has 366 valence electrons. The second-order valence-corrected chi connectivity index (χ2v) is 20.7. The first-order chi connectivity index (χ1) is 33.4. The van der Waals surface area contributed by atoms with Crippen LogP contribution in [0.3, 0.4) is 0 Å². The fraction of sp³-hybridized carbons (Fsp3) is 0.412. The van der Waals surface area contributed by atoms with Gasteiger partial charge in [-0.25, -0.2) is 0 Å². The fourth-order valence-corrected chi connectivity index (χ4v) is 11.3. The molecule has 1 spiro atoms. The van der Waals surface area contributed by atoms with Crippen LogP contribution >= 0.6 is 23.2 Å². The molecule has 7 atom stereocenters. The van der Waals surface area contributed by atoms with Crippen LogP contribution in [0, 0.1) is 23.2 Å². The van der Waals surface area contributed by atoms with E-state index in [1.807, 2.05) is 13.8 Å². The van der Waals surface area contributed by atoms with Crippen LogP contribution in [0.1, 0.15) is 110 Å². The molecule has 3 heterocycles. The van der Waals surface area contributed by atoms with Crippen molar-refractivity contribution >= 4 is 53.9 Å². The van der Waals surface area contributed by atoms with Crippen molar-refractivity contribution in [3.8, 4) is 40.1 Å². The van der Waals surface area contributed by atoms with Crippen LogP contribution in [-0.4, -0.2) is 92.5 Å². The van der Waals surface area contributed by atoms with E-state index < -0.39 is 36.4 Å². The van der Waals surface area contributed by atoms with Gasteiger partial charge in [-0.2, -0.15) is 0 Å². The Morgan fingerprint density at radius 1 is 0.871 bits per heavy atom. The summed E-state index contributed by atoms with van der Waals surface area (Å²) in [5.74, 6) is -0.873. The third kappa shape index (κ3) is 9.20. The largest absolute Gasteiger partial charge is 0.508 e. The molecule has 3 aliphatic carbocycles. The molecule has 2 aliphatic heterocycles. The molecule has 19 heteroatoms. The summed E-state index contributed by atoms with van der Waals surface area (Å²) in [7, 11) is -0.701. The Hall–Kier alpha value is -6.14. The number of hydrogen-bond acceptors (Lipinski definition) is 11. The highest BCUT2D eigenvalue weighted by atomic mass is 35.5. The normalized spacial score (nSPS) is 24.1. The lowest BCUT2D eigenvalue weighted by Crippen LogP contribution is -2.69. The van der Waals surface area contributed by atoms with E-state index in [1.165, 1.54) is 22.8 Å². The van der Waals surface area contributed by atoms with E-state index in [-0.39, 0.29) is 81.5 Å². The molecule has 16 nitrogen and oxygen atoms in total. The summed E-state index contributed by atoms with van der Waals surface area (Å²) in [6.45, 7) is 12.3. The number of aromatic nitrogens is 3. The number of fused-ring (bicyclic) bond motifs is 1. The predicted octanol–water partition coefficient (Wildman–Crippen LogP) is 8.01. The Morgan fingerprint density at radius 3 is 2.27 bits per heavy atom. The minimum Gasteiger partial charge on any atom is -0.508 e. The van der Waals surface area contributed by atoms with Crippen molar-refractivity contribution < 1.29 is 43.4 Å². The molecule has 4 bridgehead atoms. The number of phenols is 2. The maximum absolute atomic E-state index is 14.1. The Bertz CT molecular complexity index is 2840. The number of hydrogen-bond donors (Lipinski definition) is 6. The number of carbonyl (C=O) groups is 4. The SMILES string of the molecule is CCNC(=O)c1nnc(-c2cc(C(C)C)c(O)cc2O)n1-c1ccc(Oc2ccc(C(=O)NC3CC45OB(O[C@H]4C[C@@H]4C[C@H]5C4(C)C)[C@H](NC(=O)CNC(=O)c4cc(Cl)ccc4Cl)CC3C)cc2)cc1. The summed E-state index contributed by atoms with van der Waals surface area (Å²) in [4.78, 5) is 53.7. The Balaban J connectivity index is 0.896. The molecule has 4 amide bonds. The molecule has 3 unspecified atom stereocenters. The second-order valence-electron chi connectivity index (χ2n) is 19.8. The lowest BCUT2D eigenvalue weighted by Gasteiger charge is -2.66. The summed E-state index contributed by atoms with van der Waals surface area (Å²) in [6, 6.07) is 20.9. The van der Waals surface area contributed by atoms with E-state index in [9.17, 15) is 29.4 Å². The lowest BCUT2D eigenvalue weighted by atomic mass is 9.42. The quantitative estimate of drug-likeness (QED) is 0.0622. The van der Waals surface area contributed by atoms with Crippen molar-refractivity contribution in [1.29, 1.82) is 0 Å². The smallest absolute Gasteiger partial charge is 0.481 e. The van der Waals surface area contributed by atoms with Gasteiger partial charge in [0.2, 0.25) is 11.7 Å². The van der Waals surface area contributed by atoms with E-state index in [2.05, 4.69) is 52.2 Å². The molecule has 70 heavy (non-hydrogen) atoms. The van der Waals surface area contributed by atoms with Gasteiger partial charge in [0.1, 0.15) is 23.0 Å². The molecule has 1 aromatic heterocycles. The summed E-state index contributed by atoms with van der Waals surface area (Å²) in [6.07, 6.45) is 2.59. The number of aromatic hydroxyl groups is 2. The average Bonchev–Trinajstić information content (AvgIpc) is 3.95. The number of nitrogens with zero attached hydrogens (tertiary/aromatic N) is 3. The number of benzene rings is 4. The van der Waals surface area contributed by atoms with Gasteiger partial charge < -0.3 is 45.5 Å². The fourth-order valence-electron chi connectivity index (χ4n) is 10.9. The average molecular weight is 993 g/mol. The van der Waals surface area contributed by atoms with E-state index in [0.29, 0.717) is 64.2 Å². The number of carbonyl (C=O) groups excluding carboxylic acids is 4. The summed E-state index contributed by atoms with van der Waals surface area (Å²) < 4.78 is 21.4.